The smallest absolute Gasteiger partial charge is 0.329 e. The van der Waals surface area contributed by atoms with Crippen LogP contribution in [0.25, 0.3) is 0 Å². The molecule has 0 bridgehead atoms. The van der Waals surface area contributed by atoms with Crippen molar-refractivity contribution in [3.05, 3.63) is 16.3 Å². The van der Waals surface area contributed by atoms with Crippen molar-refractivity contribution in [3.63, 3.8) is 0 Å². The largest absolute Gasteiger partial charge is 0.381 e. The van der Waals surface area contributed by atoms with Crippen molar-refractivity contribution in [1.29, 1.82) is 0 Å². The van der Waals surface area contributed by atoms with Crippen molar-refractivity contribution in [3.8, 4) is 0 Å². The lowest BCUT2D eigenvalue weighted by Gasteiger charge is -2.31. The average molecular weight is 378 g/mol. The molecule has 27 heavy (non-hydrogen) atoms. The van der Waals surface area contributed by atoms with Gasteiger partial charge in [-0.2, -0.15) is 4.98 Å². The number of carbonyl (C=O) groups excluding carboxylic acids is 1. The summed E-state index contributed by atoms with van der Waals surface area (Å²) in [6.45, 7) is 1.38. The molecule has 1 aromatic rings. The van der Waals surface area contributed by atoms with Gasteiger partial charge >= 0.3 is 5.69 Å². The highest BCUT2D eigenvalue weighted by Crippen LogP contribution is 2.30. The second-order valence-electron chi connectivity index (χ2n) is 7.21. The number of nitro groups is 1. The van der Waals surface area contributed by atoms with E-state index in [1.165, 1.54) is 6.20 Å². The van der Waals surface area contributed by atoms with Crippen LogP contribution in [0, 0.1) is 16.0 Å². The molecule has 2 aliphatic rings. The maximum absolute atomic E-state index is 11.4. The number of anilines is 2. The predicted octanol–water partition coefficient (Wildman–Crippen LogP) is 1.46. The number of nitrogens with two attached hydrogens (primary N) is 1. The molecule has 1 amide bonds. The highest BCUT2D eigenvalue weighted by molar-refractivity contribution is 5.76. The second kappa shape index (κ2) is 8.47. The van der Waals surface area contributed by atoms with Crippen LogP contribution in [0.1, 0.15) is 38.5 Å². The van der Waals surface area contributed by atoms with Crippen molar-refractivity contribution in [2.24, 2.45) is 11.7 Å². The Morgan fingerprint density at radius 1 is 1.30 bits per heavy atom. The van der Waals surface area contributed by atoms with Gasteiger partial charge in [0.15, 0.2) is 0 Å². The fraction of sp³-hybridized carbons (Fsp3) is 0.706. The summed E-state index contributed by atoms with van der Waals surface area (Å²) in [5.74, 6) is 0.299. The summed E-state index contributed by atoms with van der Waals surface area (Å²) < 4.78 is 5.38. The number of nitrogens with zero attached hydrogens (tertiary/aromatic N) is 4. The van der Waals surface area contributed by atoms with Crippen LogP contribution in [-0.4, -0.2) is 53.1 Å². The van der Waals surface area contributed by atoms with Crippen molar-refractivity contribution < 1.29 is 14.5 Å². The van der Waals surface area contributed by atoms with Gasteiger partial charge in [0.05, 0.1) is 4.92 Å². The minimum Gasteiger partial charge on any atom is -0.381 e. The topological polar surface area (TPSA) is 137 Å². The highest BCUT2D eigenvalue weighted by atomic mass is 16.6. The molecular weight excluding hydrogens is 352 g/mol. The zero-order valence-corrected chi connectivity index (χ0v) is 15.5. The van der Waals surface area contributed by atoms with E-state index >= 15 is 0 Å². The molecule has 3 rings (SSSR count). The Kier molecular flexibility index (Phi) is 6.04. The Labute approximate surface area is 157 Å². The molecule has 148 valence electrons. The number of carbonyl (C=O) groups is 1. The standard InChI is InChI=1S/C17H26N6O4/c1-22(13-6-8-27-9-7-13)17-19-10-14(23(25)26)16(21-17)20-12-4-2-11(3-5-12)15(18)24/h10-13H,2-9H2,1H3,(H2,18,24)(H,19,20,21). The van der Waals surface area contributed by atoms with E-state index in [-0.39, 0.29) is 35.4 Å². The number of aromatic nitrogens is 2. The fourth-order valence-electron chi connectivity index (χ4n) is 3.73. The average Bonchev–Trinajstić information content (AvgIpc) is 2.68. The van der Waals surface area contributed by atoms with E-state index in [1.54, 1.807) is 0 Å². The fourth-order valence-corrected chi connectivity index (χ4v) is 3.73. The summed E-state index contributed by atoms with van der Waals surface area (Å²) >= 11 is 0. The minimum atomic E-state index is -0.477. The van der Waals surface area contributed by atoms with Gasteiger partial charge in [-0.15, -0.1) is 0 Å². The lowest BCUT2D eigenvalue weighted by atomic mass is 9.85. The molecule has 0 spiro atoms. The summed E-state index contributed by atoms with van der Waals surface area (Å²) in [5, 5.41) is 14.6. The summed E-state index contributed by atoms with van der Waals surface area (Å²) in [7, 11) is 1.90. The lowest BCUT2D eigenvalue weighted by Crippen LogP contribution is -2.38. The molecule has 0 unspecified atom stereocenters. The van der Waals surface area contributed by atoms with Crippen LogP contribution in [0.3, 0.4) is 0 Å². The number of hydrogen-bond acceptors (Lipinski definition) is 8. The van der Waals surface area contributed by atoms with E-state index in [9.17, 15) is 14.9 Å². The maximum atomic E-state index is 11.4. The summed E-state index contributed by atoms with van der Waals surface area (Å²) in [6, 6.07) is 0.273. The first-order valence-electron chi connectivity index (χ1n) is 9.33. The van der Waals surface area contributed by atoms with Gasteiger partial charge in [-0.25, -0.2) is 4.98 Å². The Morgan fingerprint density at radius 2 is 1.96 bits per heavy atom. The molecule has 10 heteroatoms. The van der Waals surface area contributed by atoms with Gasteiger partial charge < -0.3 is 20.7 Å². The number of ether oxygens (including phenoxy) is 1. The molecule has 0 aromatic carbocycles. The van der Waals surface area contributed by atoms with Gasteiger partial charge in [0.1, 0.15) is 6.20 Å². The Balaban J connectivity index is 1.74. The van der Waals surface area contributed by atoms with E-state index in [4.69, 9.17) is 10.5 Å². The van der Waals surface area contributed by atoms with E-state index in [1.807, 2.05) is 11.9 Å². The molecule has 1 aliphatic heterocycles. The first kappa shape index (κ1) is 19.3. The van der Waals surface area contributed by atoms with Crippen molar-refractivity contribution >= 4 is 23.4 Å². The predicted molar refractivity (Wildman–Crippen MR) is 99.5 cm³/mol. The molecule has 1 aliphatic carbocycles. The number of rotatable bonds is 6. The SMILES string of the molecule is CN(c1ncc([N+](=O)[O-])c(NC2CCC(C(N)=O)CC2)n1)C1CCOCC1. The molecule has 2 heterocycles. The van der Waals surface area contributed by atoms with Crippen LogP contribution >= 0.6 is 0 Å². The molecular formula is C17H26N6O4. The van der Waals surface area contributed by atoms with Crippen molar-refractivity contribution in [2.75, 3.05) is 30.5 Å². The first-order valence-corrected chi connectivity index (χ1v) is 9.33. The molecule has 3 N–H and O–H groups in total. The van der Waals surface area contributed by atoms with Gasteiger partial charge in [0.2, 0.25) is 17.7 Å². The zero-order valence-electron chi connectivity index (χ0n) is 15.5. The second-order valence-corrected chi connectivity index (χ2v) is 7.21. The van der Waals surface area contributed by atoms with Crippen molar-refractivity contribution in [1.82, 2.24) is 9.97 Å². The Hall–Kier alpha value is -2.49. The van der Waals surface area contributed by atoms with Crippen LogP contribution in [0.5, 0.6) is 0 Å². The summed E-state index contributed by atoms with van der Waals surface area (Å²) in [6.07, 6.45) is 5.81. The Bertz CT molecular complexity index is 686. The number of primary amides is 1. The monoisotopic (exact) mass is 378 g/mol. The first-order chi connectivity index (χ1) is 13.0. The summed E-state index contributed by atoms with van der Waals surface area (Å²) in [4.78, 5) is 32.8. The third-order valence-electron chi connectivity index (χ3n) is 5.48. The van der Waals surface area contributed by atoms with Crippen LogP contribution in [0.4, 0.5) is 17.5 Å². The quantitative estimate of drug-likeness (QED) is 0.561. The van der Waals surface area contributed by atoms with Gasteiger partial charge in [-0.3, -0.25) is 14.9 Å². The van der Waals surface area contributed by atoms with E-state index < -0.39 is 4.92 Å². The van der Waals surface area contributed by atoms with Crippen LogP contribution in [0.15, 0.2) is 6.20 Å². The normalized spacial score (nSPS) is 23.6. The maximum Gasteiger partial charge on any atom is 0.329 e. The van der Waals surface area contributed by atoms with Gasteiger partial charge in [0.25, 0.3) is 0 Å². The van der Waals surface area contributed by atoms with E-state index in [0.717, 1.165) is 25.7 Å². The Morgan fingerprint density at radius 3 is 2.56 bits per heavy atom. The molecule has 1 saturated carbocycles. The van der Waals surface area contributed by atoms with E-state index in [0.29, 0.717) is 32.0 Å². The van der Waals surface area contributed by atoms with Gasteiger partial charge in [-0.05, 0) is 38.5 Å². The van der Waals surface area contributed by atoms with E-state index in [2.05, 4.69) is 15.3 Å². The van der Waals surface area contributed by atoms with Crippen LogP contribution in [0.2, 0.25) is 0 Å². The molecule has 0 atom stereocenters. The lowest BCUT2D eigenvalue weighted by molar-refractivity contribution is -0.384. The number of nitrogens with one attached hydrogen (secondary N) is 1. The highest BCUT2D eigenvalue weighted by Gasteiger charge is 2.28. The molecule has 2 fully saturated rings. The van der Waals surface area contributed by atoms with Crippen molar-refractivity contribution in [2.45, 2.75) is 50.6 Å². The number of amides is 1. The van der Waals surface area contributed by atoms with Gasteiger partial charge in [0, 0.05) is 38.3 Å². The zero-order chi connectivity index (χ0) is 19.4. The van der Waals surface area contributed by atoms with Gasteiger partial charge in [-0.1, -0.05) is 0 Å². The van der Waals surface area contributed by atoms with Crippen LogP contribution in [-0.2, 0) is 9.53 Å². The minimum absolute atomic E-state index is 0.0236. The van der Waals surface area contributed by atoms with Crippen LogP contribution < -0.4 is 16.0 Å². The third kappa shape index (κ3) is 4.62. The molecule has 1 aromatic heterocycles. The molecule has 0 radical (unpaired) electrons. The summed E-state index contributed by atoms with van der Waals surface area (Å²) in [5.41, 5.74) is 5.23. The third-order valence-corrected chi connectivity index (χ3v) is 5.48. The number of hydrogen-bond donors (Lipinski definition) is 2. The molecule has 10 nitrogen and oxygen atoms in total. The molecule has 1 saturated heterocycles.